The molecule has 1 heterocycles. The normalized spacial score (nSPS) is 11.6. The van der Waals surface area contributed by atoms with Gasteiger partial charge in [-0.1, -0.05) is 11.6 Å². The first-order valence-electron chi connectivity index (χ1n) is 8.92. The van der Waals surface area contributed by atoms with Gasteiger partial charge in [-0.25, -0.2) is 8.78 Å². The molecule has 0 spiro atoms. The van der Waals surface area contributed by atoms with Gasteiger partial charge in [-0.3, -0.25) is 9.59 Å². The molecule has 0 fully saturated rings. The number of anilines is 3. The van der Waals surface area contributed by atoms with Crippen LogP contribution >= 0.6 is 11.6 Å². The van der Waals surface area contributed by atoms with Gasteiger partial charge in [-0.2, -0.15) is 0 Å². The smallest absolute Gasteiger partial charge is 0.259 e. The van der Waals surface area contributed by atoms with Crippen molar-refractivity contribution in [1.82, 2.24) is 0 Å². The van der Waals surface area contributed by atoms with Crippen molar-refractivity contribution in [1.29, 1.82) is 0 Å². The molecule has 3 rings (SSSR count). The number of rotatable bonds is 6. The van der Waals surface area contributed by atoms with Gasteiger partial charge in [0.1, 0.15) is 23.4 Å². The molecule has 6 nitrogen and oxygen atoms in total. The van der Waals surface area contributed by atoms with Crippen LogP contribution in [-0.2, 0) is 4.79 Å². The van der Waals surface area contributed by atoms with Gasteiger partial charge in [0.2, 0.25) is 5.91 Å². The molecule has 0 aliphatic heterocycles. The molecule has 0 radical (unpaired) electrons. The van der Waals surface area contributed by atoms with Gasteiger partial charge in [0.25, 0.3) is 5.91 Å². The molecule has 3 N–H and O–H groups in total. The number of benzene rings is 2. The molecule has 2 amide bonds. The number of carbonyl (C=O) groups excluding carboxylic acids is 2. The number of halogens is 3. The summed E-state index contributed by atoms with van der Waals surface area (Å²) in [6.45, 7) is 3.21. The van der Waals surface area contributed by atoms with Crippen LogP contribution in [0.5, 0.6) is 0 Å². The van der Waals surface area contributed by atoms with Crippen LogP contribution in [-0.4, -0.2) is 17.9 Å². The third-order valence-corrected chi connectivity index (χ3v) is 4.60. The van der Waals surface area contributed by atoms with Crippen LogP contribution in [0.4, 0.5) is 25.8 Å². The standard InChI is InChI=1S/C21H18ClF2N3O3/c1-11(20(28)26-18-6-3-13(23)9-16(18)22)25-14-4-5-17(24)19(10-14)27-21(29)15-7-8-30-12(15)2/h3-11,25H,1-2H3,(H,26,28)(H,27,29). The average molecular weight is 434 g/mol. The summed E-state index contributed by atoms with van der Waals surface area (Å²) in [7, 11) is 0. The van der Waals surface area contributed by atoms with E-state index in [1.54, 1.807) is 13.8 Å². The second-order valence-corrected chi connectivity index (χ2v) is 6.93. The molecule has 0 aliphatic rings. The zero-order valence-electron chi connectivity index (χ0n) is 16.1. The molecule has 0 saturated heterocycles. The highest BCUT2D eigenvalue weighted by Crippen LogP contribution is 2.24. The van der Waals surface area contributed by atoms with E-state index in [1.807, 2.05) is 0 Å². The van der Waals surface area contributed by atoms with Gasteiger partial charge in [0, 0.05) is 5.69 Å². The fraction of sp³-hybridized carbons (Fsp3) is 0.143. The number of hydrogen-bond donors (Lipinski definition) is 3. The summed E-state index contributed by atoms with van der Waals surface area (Å²) in [5, 5.41) is 8.05. The number of nitrogens with one attached hydrogen (secondary N) is 3. The van der Waals surface area contributed by atoms with Crippen molar-refractivity contribution in [3.8, 4) is 0 Å². The van der Waals surface area contributed by atoms with Gasteiger partial charge in [0.05, 0.1) is 28.2 Å². The minimum atomic E-state index is -0.740. The Morgan fingerprint density at radius 1 is 1.03 bits per heavy atom. The van der Waals surface area contributed by atoms with E-state index >= 15 is 0 Å². The fourth-order valence-corrected chi connectivity index (χ4v) is 2.88. The lowest BCUT2D eigenvalue weighted by molar-refractivity contribution is -0.116. The molecule has 9 heteroatoms. The van der Waals surface area contributed by atoms with Gasteiger partial charge >= 0.3 is 0 Å². The van der Waals surface area contributed by atoms with Crippen molar-refractivity contribution in [3.63, 3.8) is 0 Å². The third-order valence-electron chi connectivity index (χ3n) is 4.28. The Labute approximate surface area is 176 Å². The number of amides is 2. The van der Waals surface area contributed by atoms with Crippen LogP contribution < -0.4 is 16.0 Å². The van der Waals surface area contributed by atoms with Crippen molar-refractivity contribution in [2.24, 2.45) is 0 Å². The van der Waals surface area contributed by atoms with Gasteiger partial charge in [0.15, 0.2) is 0 Å². The summed E-state index contributed by atoms with van der Waals surface area (Å²) in [5.74, 6) is -1.70. The Balaban J connectivity index is 1.68. The lowest BCUT2D eigenvalue weighted by Crippen LogP contribution is -2.32. The van der Waals surface area contributed by atoms with Crippen molar-refractivity contribution in [2.45, 2.75) is 19.9 Å². The fourth-order valence-electron chi connectivity index (χ4n) is 2.67. The highest BCUT2D eigenvalue weighted by Gasteiger charge is 2.17. The van der Waals surface area contributed by atoms with E-state index in [0.29, 0.717) is 11.4 Å². The Kier molecular flexibility index (Phi) is 6.37. The zero-order chi connectivity index (χ0) is 21.8. The molecule has 156 valence electrons. The van der Waals surface area contributed by atoms with Crippen LogP contribution in [0.25, 0.3) is 0 Å². The maximum Gasteiger partial charge on any atom is 0.259 e. The number of carbonyl (C=O) groups is 2. The highest BCUT2D eigenvalue weighted by molar-refractivity contribution is 6.33. The van der Waals surface area contributed by atoms with Crippen LogP contribution in [0.2, 0.25) is 5.02 Å². The summed E-state index contributed by atoms with van der Waals surface area (Å²) in [6, 6.07) is 8.34. The second-order valence-electron chi connectivity index (χ2n) is 6.52. The van der Waals surface area contributed by atoms with Crippen LogP contribution in [0.3, 0.4) is 0 Å². The monoisotopic (exact) mass is 433 g/mol. The number of aryl methyl sites for hydroxylation is 1. The van der Waals surface area contributed by atoms with E-state index in [0.717, 1.165) is 6.07 Å². The molecular formula is C21H18ClF2N3O3. The topological polar surface area (TPSA) is 83.4 Å². The Hall–Kier alpha value is -3.39. The predicted molar refractivity (Wildman–Crippen MR) is 111 cm³/mol. The van der Waals surface area contributed by atoms with Crippen molar-refractivity contribution in [2.75, 3.05) is 16.0 Å². The van der Waals surface area contributed by atoms with Crippen molar-refractivity contribution >= 4 is 40.5 Å². The lowest BCUT2D eigenvalue weighted by atomic mass is 10.2. The third kappa shape index (κ3) is 4.96. The van der Waals surface area contributed by atoms with E-state index in [2.05, 4.69) is 16.0 Å². The number of hydrogen-bond acceptors (Lipinski definition) is 4. The molecular weight excluding hydrogens is 416 g/mol. The molecule has 0 bridgehead atoms. The van der Waals surface area contributed by atoms with Gasteiger partial charge in [-0.05, 0) is 56.3 Å². The van der Waals surface area contributed by atoms with Crippen molar-refractivity contribution < 1.29 is 22.8 Å². The van der Waals surface area contributed by atoms with Gasteiger partial charge < -0.3 is 20.4 Å². The summed E-state index contributed by atoms with van der Waals surface area (Å²) < 4.78 is 32.3. The van der Waals surface area contributed by atoms with E-state index in [1.165, 1.54) is 42.7 Å². The first-order valence-corrected chi connectivity index (χ1v) is 9.30. The van der Waals surface area contributed by atoms with E-state index in [-0.39, 0.29) is 22.0 Å². The minimum Gasteiger partial charge on any atom is -0.469 e. The SMILES string of the molecule is Cc1occc1C(=O)Nc1cc(NC(C)C(=O)Nc2ccc(F)cc2Cl)ccc1F. The predicted octanol–water partition coefficient (Wildman–Crippen LogP) is 5.21. The molecule has 0 aliphatic carbocycles. The Morgan fingerprint density at radius 2 is 1.80 bits per heavy atom. The lowest BCUT2D eigenvalue weighted by Gasteiger charge is -2.17. The van der Waals surface area contributed by atoms with Crippen LogP contribution in [0, 0.1) is 18.6 Å². The Bertz CT molecular complexity index is 1100. The Morgan fingerprint density at radius 3 is 2.47 bits per heavy atom. The maximum absolute atomic E-state index is 14.1. The molecule has 30 heavy (non-hydrogen) atoms. The van der Waals surface area contributed by atoms with E-state index < -0.39 is 29.5 Å². The van der Waals surface area contributed by atoms with Gasteiger partial charge in [-0.15, -0.1) is 0 Å². The second kappa shape index (κ2) is 8.96. The molecule has 2 aromatic carbocycles. The number of furan rings is 1. The molecule has 3 aromatic rings. The molecule has 0 saturated carbocycles. The summed E-state index contributed by atoms with van der Waals surface area (Å²) >= 11 is 5.91. The zero-order valence-corrected chi connectivity index (χ0v) is 16.8. The molecule has 1 unspecified atom stereocenters. The highest BCUT2D eigenvalue weighted by atomic mass is 35.5. The average Bonchev–Trinajstić information content (AvgIpc) is 3.12. The maximum atomic E-state index is 14.1. The van der Waals surface area contributed by atoms with E-state index in [4.69, 9.17) is 16.0 Å². The molecule has 1 aromatic heterocycles. The summed E-state index contributed by atoms with van der Waals surface area (Å²) in [4.78, 5) is 24.7. The molecule has 1 atom stereocenters. The largest absolute Gasteiger partial charge is 0.469 e. The first kappa shape index (κ1) is 21.3. The first-order chi connectivity index (χ1) is 14.2. The summed E-state index contributed by atoms with van der Waals surface area (Å²) in [5.41, 5.74) is 0.902. The summed E-state index contributed by atoms with van der Waals surface area (Å²) in [6.07, 6.45) is 1.37. The quantitative estimate of drug-likeness (QED) is 0.498. The van der Waals surface area contributed by atoms with Crippen LogP contribution in [0.15, 0.2) is 53.1 Å². The van der Waals surface area contributed by atoms with E-state index in [9.17, 15) is 18.4 Å². The minimum absolute atomic E-state index is 0.0558. The van der Waals surface area contributed by atoms with Crippen LogP contribution in [0.1, 0.15) is 23.0 Å². The van der Waals surface area contributed by atoms with Crippen molar-refractivity contribution in [3.05, 3.63) is 76.7 Å².